The Morgan fingerprint density at radius 2 is 1.86 bits per heavy atom. The third kappa shape index (κ3) is 6.56. The van der Waals surface area contributed by atoms with Crippen molar-refractivity contribution >= 4 is 27.2 Å². The third-order valence-electron chi connectivity index (χ3n) is 5.42. The molecule has 3 heterocycles. The van der Waals surface area contributed by atoms with E-state index in [-0.39, 0.29) is 22.8 Å². The van der Waals surface area contributed by atoms with E-state index < -0.39 is 15.7 Å². The Morgan fingerprint density at radius 3 is 2.49 bits per heavy atom. The van der Waals surface area contributed by atoms with Crippen LogP contribution in [0.1, 0.15) is 26.7 Å². The fraction of sp³-hybridized carbons (Fsp3) is 0.375. The number of hydrogen-bond donors (Lipinski definition) is 1. The number of sulfone groups is 1. The lowest BCUT2D eigenvalue weighted by Gasteiger charge is -2.32. The number of benzene rings is 1. The van der Waals surface area contributed by atoms with E-state index in [9.17, 15) is 12.8 Å². The summed E-state index contributed by atoms with van der Waals surface area (Å²) in [6, 6.07) is 9.16. The van der Waals surface area contributed by atoms with Crippen molar-refractivity contribution in [2.24, 2.45) is 0 Å². The predicted octanol–water partition coefficient (Wildman–Crippen LogP) is 3.99. The summed E-state index contributed by atoms with van der Waals surface area (Å²) >= 11 is 0. The second-order valence-electron chi connectivity index (χ2n) is 8.60. The number of hydrogen-bond acceptors (Lipinski definition) is 9. The summed E-state index contributed by atoms with van der Waals surface area (Å²) in [7, 11) is -3.49. The largest absolute Gasteiger partial charge is 0.489 e. The van der Waals surface area contributed by atoms with Crippen molar-refractivity contribution < 1.29 is 22.3 Å². The van der Waals surface area contributed by atoms with Crippen LogP contribution in [0.15, 0.2) is 53.8 Å². The molecule has 1 saturated heterocycles. The zero-order chi connectivity index (χ0) is 25.0. The number of anilines is 3. The first-order chi connectivity index (χ1) is 16.7. The van der Waals surface area contributed by atoms with Gasteiger partial charge in [0.2, 0.25) is 5.88 Å². The molecule has 1 aliphatic rings. The maximum atomic E-state index is 14.4. The van der Waals surface area contributed by atoms with Gasteiger partial charge in [0.1, 0.15) is 35.6 Å². The van der Waals surface area contributed by atoms with E-state index in [4.69, 9.17) is 9.47 Å². The van der Waals surface area contributed by atoms with Crippen LogP contribution >= 0.6 is 0 Å². The van der Waals surface area contributed by atoms with Crippen LogP contribution in [0.5, 0.6) is 11.6 Å². The van der Waals surface area contributed by atoms with Crippen LogP contribution in [0.25, 0.3) is 0 Å². The zero-order valence-electron chi connectivity index (χ0n) is 19.8. The molecule has 0 radical (unpaired) electrons. The summed E-state index contributed by atoms with van der Waals surface area (Å²) in [5.41, 5.74) is 0.104. The van der Waals surface area contributed by atoms with Crippen molar-refractivity contribution in [1.82, 2.24) is 15.0 Å². The van der Waals surface area contributed by atoms with Crippen LogP contribution in [0.2, 0.25) is 0 Å². The molecule has 1 fully saturated rings. The monoisotopic (exact) mass is 501 g/mol. The topological polar surface area (TPSA) is 107 Å². The Kier molecular flexibility index (Phi) is 7.34. The van der Waals surface area contributed by atoms with Gasteiger partial charge in [-0.3, -0.25) is 0 Å². The van der Waals surface area contributed by atoms with Crippen LogP contribution in [-0.2, 0) is 9.84 Å². The average Bonchev–Trinajstić information content (AvgIpc) is 2.81. The molecule has 0 amide bonds. The number of rotatable bonds is 8. The minimum Gasteiger partial charge on any atom is -0.489 e. The van der Waals surface area contributed by atoms with E-state index in [2.05, 4.69) is 25.2 Å². The average molecular weight is 502 g/mol. The highest BCUT2D eigenvalue weighted by atomic mass is 32.2. The van der Waals surface area contributed by atoms with Gasteiger partial charge in [-0.05, 0) is 44.2 Å². The Morgan fingerprint density at radius 1 is 1.09 bits per heavy atom. The van der Waals surface area contributed by atoms with E-state index in [0.29, 0.717) is 11.7 Å². The second kappa shape index (κ2) is 10.4. The summed E-state index contributed by atoms with van der Waals surface area (Å²) in [6.07, 6.45) is 5.77. The molecule has 0 saturated carbocycles. The minimum absolute atomic E-state index is 0.0247. The molecule has 0 atom stereocenters. The molecule has 3 aromatic rings. The van der Waals surface area contributed by atoms with Gasteiger partial charge >= 0.3 is 0 Å². The van der Waals surface area contributed by atoms with Gasteiger partial charge in [-0.15, -0.1) is 0 Å². The van der Waals surface area contributed by atoms with E-state index in [1.807, 2.05) is 26.0 Å². The molecule has 0 bridgehead atoms. The van der Waals surface area contributed by atoms with E-state index in [1.54, 1.807) is 12.3 Å². The summed E-state index contributed by atoms with van der Waals surface area (Å²) in [5.74, 6) is 1.67. The molecular formula is C24H28FN5O4S. The maximum Gasteiger partial charge on any atom is 0.218 e. The number of piperidine rings is 1. The zero-order valence-corrected chi connectivity index (χ0v) is 20.6. The lowest BCUT2D eigenvalue weighted by atomic mass is 10.1. The Hall–Kier alpha value is -3.47. The minimum atomic E-state index is -3.49. The third-order valence-corrected chi connectivity index (χ3v) is 6.53. The SMILES string of the molecule is CC(C)Oc1ccc(N2CCC(Oc3cc(Nc4ccc(S(C)(=O)=O)cc4F)ncn3)CC2)nc1. The van der Waals surface area contributed by atoms with Gasteiger partial charge in [0.25, 0.3) is 0 Å². The van der Waals surface area contributed by atoms with Crippen LogP contribution in [-0.4, -0.2) is 54.9 Å². The van der Waals surface area contributed by atoms with Crippen LogP contribution in [0, 0.1) is 5.82 Å². The molecule has 0 spiro atoms. The molecule has 9 nitrogen and oxygen atoms in total. The van der Waals surface area contributed by atoms with Gasteiger partial charge in [-0.25, -0.2) is 27.8 Å². The maximum absolute atomic E-state index is 14.4. The molecule has 0 aliphatic carbocycles. The number of nitrogens with one attached hydrogen (secondary N) is 1. The second-order valence-corrected chi connectivity index (χ2v) is 10.6. The van der Waals surface area contributed by atoms with Crippen molar-refractivity contribution in [3.8, 4) is 11.6 Å². The smallest absolute Gasteiger partial charge is 0.218 e. The lowest BCUT2D eigenvalue weighted by molar-refractivity contribution is 0.163. The summed E-state index contributed by atoms with van der Waals surface area (Å²) in [5, 5.41) is 2.85. The quantitative estimate of drug-likeness (QED) is 0.490. The highest BCUT2D eigenvalue weighted by Gasteiger charge is 2.22. The van der Waals surface area contributed by atoms with Crippen LogP contribution in [0.3, 0.4) is 0 Å². The lowest BCUT2D eigenvalue weighted by Crippen LogP contribution is -2.38. The molecule has 1 N–H and O–H groups in total. The van der Waals surface area contributed by atoms with Crippen molar-refractivity contribution in [1.29, 1.82) is 0 Å². The number of halogens is 1. The Balaban J connectivity index is 1.33. The van der Waals surface area contributed by atoms with Crippen LogP contribution in [0.4, 0.5) is 21.7 Å². The highest BCUT2D eigenvalue weighted by molar-refractivity contribution is 7.90. The van der Waals surface area contributed by atoms with E-state index >= 15 is 0 Å². The molecule has 186 valence electrons. The Labute approximate surface area is 204 Å². The Bertz CT molecular complexity index is 1260. The van der Waals surface area contributed by atoms with E-state index in [0.717, 1.165) is 49.8 Å². The number of ether oxygens (including phenoxy) is 2. The van der Waals surface area contributed by atoms with E-state index in [1.165, 1.54) is 18.5 Å². The standard InChI is InChI=1S/C24H28FN5O4S/c1-16(2)33-18-4-7-23(26-14-18)30-10-8-17(9-11-30)34-24-13-22(27-15-28-24)29-21-6-5-19(12-20(21)25)35(3,31)32/h4-7,12-17H,8-11H2,1-3H3,(H,27,28,29). The fourth-order valence-corrected chi connectivity index (χ4v) is 4.35. The molecule has 1 aromatic carbocycles. The van der Waals surface area contributed by atoms with Gasteiger partial charge in [0.15, 0.2) is 9.84 Å². The molecule has 35 heavy (non-hydrogen) atoms. The molecule has 1 aliphatic heterocycles. The summed E-state index contributed by atoms with van der Waals surface area (Å²) in [4.78, 5) is 14.9. The molecule has 11 heteroatoms. The highest BCUT2D eigenvalue weighted by Crippen LogP contribution is 2.26. The first-order valence-corrected chi connectivity index (χ1v) is 13.2. The normalized spacial score (nSPS) is 14.7. The fourth-order valence-electron chi connectivity index (χ4n) is 3.71. The summed E-state index contributed by atoms with van der Waals surface area (Å²) < 4.78 is 49.3. The van der Waals surface area contributed by atoms with Gasteiger partial charge in [0.05, 0.1) is 22.9 Å². The molecular weight excluding hydrogens is 473 g/mol. The van der Waals surface area contributed by atoms with Crippen molar-refractivity contribution in [3.63, 3.8) is 0 Å². The first kappa shape index (κ1) is 24.6. The van der Waals surface area contributed by atoms with Gasteiger partial charge in [-0.2, -0.15) is 0 Å². The number of aromatic nitrogens is 3. The van der Waals surface area contributed by atoms with Crippen LogP contribution < -0.4 is 19.7 Å². The first-order valence-electron chi connectivity index (χ1n) is 11.3. The van der Waals surface area contributed by atoms with Crippen molar-refractivity contribution in [2.45, 2.75) is 43.8 Å². The summed E-state index contributed by atoms with van der Waals surface area (Å²) in [6.45, 7) is 5.53. The van der Waals surface area contributed by atoms with Gasteiger partial charge < -0.3 is 19.7 Å². The van der Waals surface area contributed by atoms with Crippen molar-refractivity contribution in [3.05, 3.63) is 54.7 Å². The number of pyridine rings is 1. The van der Waals surface area contributed by atoms with Crippen molar-refractivity contribution in [2.75, 3.05) is 29.6 Å². The molecule has 4 rings (SSSR count). The van der Waals surface area contributed by atoms with Gasteiger partial charge in [0, 0.05) is 38.3 Å². The number of nitrogens with zero attached hydrogens (tertiary/aromatic N) is 4. The van der Waals surface area contributed by atoms with Gasteiger partial charge in [-0.1, -0.05) is 0 Å². The molecule has 0 unspecified atom stereocenters. The molecule has 2 aromatic heterocycles. The predicted molar refractivity (Wildman–Crippen MR) is 131 cm³/mol.